The van der Waals surface area contributed by atoms with Gasteiger partial charge in [0.15, 0.2) is 16.5 Å². The predicted octanol–water partition coefficient (Wildman–Crippen LogP) is 5.98. The van der Waals surface area contributed by atoms with Crippen molar-refractivity contribution in [3.05, 3.63) is 83.6 Å². The molecule has 0 aliphatic carbocycles. The highest BCUT2D eigenvalue weighted by Gasteiger charge is 2.18. The third-order valence-corrected chi connectivity index (χ3v) is 5.39. The number of carbonyl (C=O) groups excluding carboxylic acids is 1. The zero-order valence-corrected chi connectivity index (χ0v) is 18.2. The predicted molar refractivity (Wildman–Crippen MR) is 129 cm³/mol. The van der Waals surface area contributed by atoms with Gasteiger partial charge in [-0.15, -0.1) is 0 Å². The first kappa shape index (κ1) is 20.0. The molecule has 2 aromatic heterocycles. The molecular formula is C25H19N3O3S. The van der Waals surface area contributed by atoms with E-state index in [4.69, 9.17) is 21.1 Å². The Hall–Kier alpha value is -3.97. The maximum absolute atomic E-state index is 12.7. The molecule has 5 rings (SSSR count). The zero-order valence-electron chi connectivity index (χ0n) is 17.4. The van der Waals surface area contributed by atoms with Crippen LogP contribution in [0.4, 0.5) is 5.69 Å². The van der Waals surface area contributed by atoms with Gasteiger partial charge in [0, 0.05) is 22.2 Å². The van der Waals surface area contributed by atoms with Crippen LogP contribution in [0.1, 0.15) is 21.7 Å². The summed E-state index contributed by atoms with van der Waals surface area (Å²) in [5, 5.41) is 6.76. The molecule has 158 valence electrons. The summed E-state index contributed by atoms with van der Waals surface area (Å²) in [5.41, 5.74) is 5.53. The largest absolute Gasteiger partial charge is 0.451 e. The lowest BCUT2D eigenvalue weighted by molar-refractivity contribution is 0.0952. The molecule has 0 spiro atoms. The van der Waals surface area contributed by atoms with Crippen LogP contribution in [0.3, 0.4) is 0 Å². The number of aromatic nitrogens is 1. The SMILES string of the molecule is Cc1cccc(-c2nc3cc(NC(=S)NC(=O)c4oc5ccccc5c4C)ccc3o2)c1. The topological polar surface area (TPSA) is 80.3 Å². The molecule has 5 aromatic rings. The number of para-hydroxylation sites is 1. The number of nitrogens with zero attached hydrogens (tertiary/aromatic N) is 1. The number of rotatable bonds is 3. The highest BCUT2D eigenvalue weighted by molar-refractivity contribution is 7.80. The van der Waals surface area contributed by atoms with Gasteiger partial charge >= 0.3 is 0 Å². The number of thiocarbonyl (C=S) groups is 1. The minimum absolute atomic E-state index is 0.164. The van der Waals surface area contributed by atoms with Crippen molar-refractivity contribution in [2.24, 2.45) is 0 Å². The van der Waals surface area contributed by atoms with Gasteiger partial charge in [0.1, 0.15) is 11.1 Å². The minimum Gasteiger partial charge on any atom is -0.451 e. The van der Waals surface area contributed by atoms with E-state index >= 15 is 0 Å². The fraction of sp³-hybridized carbons (Fsp3) is 0.0800. The number of anilines is 1. The normalized spacial score (nSPS) is 11.1. The van der Waals surface area contributed by atoms with Crippen molar-refractivity contribution >= 4 is 51.0 Å². The molecule has 32 heavy (non-hydrogen) atoms. The fourth-order valence-electron chi connectivity index (χ4n) is 3.62. The number of carbonyl (C=O) groups is 1. The Morgan fingerprint density at radius 3 is 2.59 bits per heavy atom. The molecule has 0 fully saturated rings. The van der Waals surface area contributed by atoms with Gasteiger partial charge in [-0.1, -0.05) is 35.9 Å². The first-order chi connectivity index (χ1) is 15.5. The molecule has 0 unspecified atom stereocenters. The van der Waals surface area contributed by atoms with Crippen LogP contribution in [0.5, 0.6) is 0 Å². The number of hydrogen-bond donors (Lipinski definition) is 2. The Kier molecular flexibility index (Phi) is 4.95. The number of benzene rings is 3. The summed E-state index contributed by atoms with van der Waals surface area (Å²) in [6.07, 6.45) is 0. The number of furan rings is 1. The zero-order chi connectivity index (χ0) is 22.2. The van der Waals surface area contributed by atoms with E-state index in [0.717, 1.165) is 22.1 Å². The van der Waals surface area contributed by atoms with E-state index < -0.39 is 5.91 Å². The second-order valence-corrected chi connectivity index (χ2v) is 7.94. The van der Waals surface area contributed by atoms with E-state index in [2.05, 4.69) is 15.6 Å². The summed E-state index contributed by atoms with van der Waals surface area (Å²) in [5.74, 6) is 0.391. The van der Waals surface area contributed by atoms with E-state index in [1.165, 1.54) is 0 Å². The molecular weight excluding hydrogens is 422 g/mol. The molecule has 2 N–H and O–H groups in total. The van der Waals surface area contributed by atoms with E-state index in [1.54, 1.807) is 0 Å². The molecule has 0 radical (unpaired) electrons. The second-order valence-electron chi connectivity index (χ2n) is 7.53. The van der Waals surface area contributed by atoms with Gasteiger partial charge in [0.05, 0.1) is 0 Å². The Bertz CT molecular complexity index is 1500. The molecule has 6 nitrogen and oxygen atoms in total. The second kappa shape index (κ2) is 7.94. The first-order valence-electron chi connectivity index (χ1n) is 10.1. The monoisotopic (exact) mass is 441 g/mol. The van der Waals surface area contributed by atoms with Crippen LogP contribution in [-0.2, 0) is 0 Å². The van der Waals surface area contributed by atoms with Gasteiger partial charge in [-0.2, -0.15) is 0 Å². The summed E-state index contributed by atoms with van der Waals surface area (Å²) in [4.78, 5) is 17.3. The van der Waals surface area contributed by atoms with Crippen LogP contribution in [0.15, 0.2) is 75.6 Å². The lowest BCUT2D eigenvalue weighted by Crippen LogP contribution is -2.34. The summed E-state index contributed by atoms with van der Waals surface area (Å²) in [7, 11) is 0. The average Bonchev–Trinajstić information content (AvgIpc) is 3.35. The molecule has 1 amide bonds. The average molecular weight is 442 g/mol. The van der Waals surface area contributed by atoms with Crippen molar-refractivity contribution < 1.29 is 13.6 Å². The van der Waals surface area contributed by atoms with Gasteiger partial charge in [-0.05, 0) is 62.5 Å². The number of oxazole rings is 1. The van der Waals surface area contributed by atoms with Crippen molar-refractivity contribution in [1.82, 2.24) is 10.3 Å². The van der Waals surface area contributed by atoms with Crippen LogP contribution in [0.2, 0.25) is 0 Å². The van der Waals surface area contributed by atoms with E-state index in [1.807, 2.05) is 80.6 Å². The van der Waals surface area contributed by atoms with Crippen molar-refractivity contribution in [3.63, 3.8) is 0 Å². The number of hydrogen-bond acceptors (Lipinski definition) is 5. The smallest absolute Gasteiger partial charge is 0.293 e. The molecule has 3 aromatic carbocycles. The van der Waals surface area contributed by atoms with Gasteiger partial charge in [0.2, 0.25) is 5.89 Å². The van der Waals surface area contributed by atoms with Crippen LogP contribution in [0, 0.1) is 13.8 Å². The van der Waals surface area contributed by atoms with Crippen LogP contribution >= 0.6 is 12.2 Å². The number of nitrogens with one attached hydrogen (secondary N) is 2. The van der Waals surface area contributed by atoms with Crippen molar-refractivity contribution in [2.75, 3.05) is 5.32 Å². The fourth-order valence-corrected chi connectivity index (χ4v) is 3.83. The summed E-state index contributed by atoms with van der Waals surface area (Å²) < 4.78 is 11.6. The number of aryl methyl sites for hydroxylation is 2. The van der Waals surface area contributed by atoms with Crippen LogP contribution < -0.4 is 10.6 Å². The third-order valence-electron chi connectivity index (χ3n) is 5.19. The van der Waals surface area contributed by atoms with Gasteiger partial charge in [-0.3, -0.25) is 10.1 Å². The van der Waals surface area contributed by atoms with Gasteiger partial charge < -0.3 is 14.2 Å². The third kappa shape index (κ3) is 3.74. The lowest BCUT2D eigenvalue weighted by atomic mass is 10.1. The quantitative estimate of drug-likeness (QED) is 0.335. The van der Waals surface area contributed by atoms with E-state index in [0.29, 0.717) is 28.3 Å². The maximum Gasteiger partial charge on any atom is 0.293 e. The molecule has 0 saturated carbocycles. The molecule has 0 bridgehead atoms. The Morgan fingerprint density at radius 2 is 1.78 bits per heavy atom. The van der Waals surface area contributed by atoms with Crippen molar-refractivity contribution in [2.45, 2.75) is 13.8 Å². The molecule has 0 saturated heterocycles. The summed E-state index contributed by atoms with van der Waals surface area (Å²) in [6, 6.07) is 20.9. The molecule has 0 aliphatic rings. The number of fused-ring (bicyclic) bond motifs is 2. The highest BCUT2D eigenvalue weighted by atomic mass is 32.1. The Morgan fingerprint density at radius 1 is 0.938 bits per heavy atom. The van der Waals surface area contributed by atoms with Gasteiger partial charge in [-0.25, -0.2) is 4.98 Å². The summed E-state index contributed by atoms with van der Waals surface area (Å²) >= 11 is 5.33. The summed E-state index contributed by atoms with van der Waals surface area (Å²) in [6.45, 7) is 3.87. The minimum atomic E-state index is -0.402. The molecule has 7 heteroatoms. The molecule has 0 aliphatic heterocycles. The standard InChI is InChI=1S/C25H19N3O3S/c1-14-6-5-7-16(12-14)24-27-19-13-17(10-11-21(19)31-24)26-25(32)28-23(29)22-15(2)18-8-3-4-9-20(18)30-22/h3-13H,1-2H3,(H2,26,28,29,32). The maximum atomic E-state index is 12.7. The van der Waals surface area contributed by atoms with Gasteiger partial charge in [0.25, 0.3) is 5.91 Å². The lowest BCUT2D eigenvalue weighted by Gasteiger charge is -2.08. The van der Waals surface area contributed by atoms with Crippen LogP contribution in [0.25, 0.3) is 33.5 Å². The van der Waals surface area contributed by atoms with E-state index in [9.17, 15) is 4.79 Å². The Balaban J connectivity index is 1.33. The molecule has 2 heterocycles. The highest BCUT2D eigenvalue weighted by Crippen LogP contribution is 2.27. The first-order valence-corrected chi connectivity index (χ1v) is 10.5. The number of amides is 1. The molecule has 0 atom stereocenters. The van der Waals surface area contributed by atoms with E-state index in [-0.39, 0.29) is 10.9 Å². The van der Waals surface area contributed by atoms with Crippen molar-refractivity contribution in [3.8, 4) is 11.5 Å². The Labute approximate surface area is 189 Å². The van der Waals surface area contributed by atoms with Crippen molar-refractivity contribution in [1.29, 1.82) is 0 Å². The van der Waals surface area contributed by atoms with Crippen LogP contribution in [-0.4, -0.2) is 16.0 Å².